The second-order valence-electron chi connectivity index (χ2n) is 6.94. The summed E-state index contributed by atoms with van der Waals surface area (Å²) in [5, 5.41) is 2.19. The molecule has 2 aliphatic heterocycles. The number of aliphatic imine (C=N–C) groups is 1. The Balaban J connectivity index is 1.59. The predicted molar refractivity (Wildman–Crippen MR) is 96.8 cm³/mol. The Bertz CT molecular complexity index is 729. The first-order valence-electron chi connectivity index (χ1n) is 9.29. The van der Waals surface area contributed by atoms with Crippen molar-refractivity contribution in [3.05, 3.63) is 35.6 Å². The lowest BCUT2D eigenvalue weighted by molar-refractivity contribution is -0.903. The van der Waals surface area contributed by atoms with E-state index in [9.17, 15) is 18.8 Å². The normalized spacial score (nSPS) is 21.7. The smallest absolute Gasteiger partial charge is 0.331 e. The van der Waals surface area contributed by atoms with Gasteiger partial charge in [0, 0.05) is 6.21 Å². The predicted octanol–water partition coefficient (Wildman–Crippen LogP) is 0.160. The zero-order valence-corrected chi connectivity index (χ0v) is 15.1. The lowest BCUT2D eigenvalue weighted by atomic mass is 10.1. The van der Waals surface area contributed by atoms with Gasteiger partial charge in [-0.25, -0.2) is 9.18 Å². The maximum Gasteiger partial charge on any atom is 0.331 e. The number of urea groups is 1. The molecule has 4 amide bonds. The number of nitrogens with one attached hydrogen (secondary N) is 2. The van der Waals surface area contributed by atoms with Gasteiger partial charge in [0.15, 0.2) is 5.92 Å². The molecule has 2 fully saturated rings. The number of imide groups is 2. The van der Waals surface area contributed by atoms with E-state index in [1.165, 1.54) is 54.6 Å². The number of hydrogen-bond acceptors (Lipinski definition) is 4. The number of benzene rings is 1. The number of quaternary nitrogens is 1. The van der Waals surface area contributed by atoms with Crippen LogP contribution in [0.3, 0.4) is 0 Å². The van der Waals surface area contributed by atoms with Crippen LogP contribution in [0.1, 0.15) is 24.8 Å². The monoisotopic (exact) mass is 375 g/mol. The molecule has 1 aromatic carbocycles. The van der Waals surface area contributed by atoms with E-state index in [1.54, 1.807) is 0 Å². The molecule has 0 aromatic heterocycles. The van der Waals surface area contributed by atoms with Crippen molar-refractivity contribution in [1.82, 2.24) is 10.2 Å². The summed E-state index contributed by atoms with van der Waals surface area (Å²) in [5.41, 5.74) is 0.596. The van der Waals surface area contributed by atoms with Gasteiger partial charge in [-0.3, -0.25) is 24.8 Å². The first-order chi connectivity index (χ1) is 13.0. The Kier molecular flexibility index (Phi) is 6.28. The largest absolute Gasteiger partial charge is 0.333 e. The summed E-state index contributed by atoms with van der Waals surface area (Å²) < 4.78 is 13.0. The van der Waals surface area contributed by atoms with E-state index in [2.05, 4.69) is 10.3 Å². The maximum absolute atomic E-state index is 13.0. The van der Waals surface area contributed by atoms with E-state index in [4.69, 9.17) is 0 Å². The van der Waals surface area contributed by atoms with Crippen molar-refractivity contribution in [3.8, 4) is 0 Å². The average Bonchev–Trinajstić information content (AvgIpc) is 2.66. The van der Waals surface area contributed by atoms with Gasteiger partial charge in [0.05, 0.1) is 32.7 Å². The van der Waals surface area contributed by atoms with E-state index >= 15 is 0 Å². The van der Waals surface area contributed by atoms with Crippen LogP contribution >= 0.6 is 0 Å². The van der Waals surface area contributed by atoms with Gasteiger partial charge in [-0.1, -0.05) is 12.1 Å². The summed E-state index contributed by atoms with van der Waals surface area (Å²) in [5.74, 6) is -2.78. The molecule has 2 N–H and O–H groups in total. The van der Waals surface area contributed by atoms with Gasteiger partial charge < -0.3 is 4.90 Å². The van der Waals surface area contributed by atoms with E-state index in [0.717, 1.165) is 24.5 Å². The van der Waals surface area contributed by atoms with Crippen molar-refractivity contribution in [2.45, 2.75) is 25.8 Å². The fourth-order valence-electron chi connectivity index (χ4n) is 3.39. The average molecular weight is 375 g/mol. The summed E-state index contributed by atoms with van der Waals surface area (Å²) in [6.07, 6.45) is 5.07. The first-order valence-corrected chi connectivity index (χ1v) is 9.29. The topological polar surface area (TPSA) is 83.3 Å². The van der Waals surface area contributed by atoms with Gasteiger partial charge in [0.25, 0.3) is 0 Å². The standard InChI is InChI=1S/C19H23FN4O3/c20-15-6-4-14(5-7-15)13-24-18(26)16(17(25)22-19(24)27)12-21-8-11-23-9-2-1-3-10-23/h4-7,12,16H,1-3,8-11,13H2,(H,22,25,27)/p+1/t16-/m1/s1. The van der Waals surface area contributed by atoms with Gasteiger partial charge in [-0.2, -0.15) is 0 Å². The number of carbonyl (C=O) groups is 3. The number of rotatable bonds is 6. The van der Waals surface area contributed by atoms with Crippen molar-refractivity contribution in [2.75, 3.05) is 26.2 Å². The summed E-state index contributed by atoms with van der Waals surface area (Å²) in [7, 11) is 0. The summed E-state index contributed by atoms with van der Waals surface area (Å²) in [6, 6.07) is 4.74. The minimum atomic E-state index is -1.11. The number of amides is 4. The molecule has 8 heteroatoms. The Morgan fingerprint density at radius 1 is 1.15 bits per heavy atom. The van der Waals surface area contributed by atoms with Crippen molar-refractivity contribution < 1.29 is 23.7 Å². The molecule has 0 bridgehead atoms. The quantitative estimate of drug-likeness (QED) is 0.549. The highest BCUT2D eigenvalue weighted by Gasteiger charge is 2.39. The fourth-order valence-corrected chi connectivity index (χ4v) is 3.39. The molecule has 144 valence electrons. The molecule has 0 radical (unpaired) electrons. The molecule has 0 aliphatic carbocycles. The van der Waals surface area contributed by atoms with Crippen LogP contribution in [0.4, 0.5) is 9.18 Å². The third kappa shape index (κ3) is 4.97. The van der Waals surface area contributed by atoms with Crippen LogP contribution in [0.25, 0.3) is 0 Å². The number of likely N-dealkylation sites (tertiary alicyclic amines) is 1. The Hall–Kier alpha value is -2.61. The number of halogens is 1. The third-order valence-electron chi connectivity index (χ3n) is 4.95. The van der Waals surface area contributed by atoms with E-state index in [0.29, 0.717) is 12.1 Å². The molecular weight excluding hydrogens is 351 g/mol. The Labute approximate surface area is 157 Å². The Morgan fingerprint density at radius 2 is 1.85 bits per heavy atom. The van der Waals surface area contributed by atoms with E-state index < -0.39 is 29.6 Å². The molecule has 1 aromatic rings. The van der Waals surface area contributed by atoms with Crippen LogP contribution in [-0.4, -0.2) is 55.1 Å². The summed E-state index contributed by atoms with van der Waals surface area (Å²) in [6.45, 7) is 3.66. The molecule has 27 heavy (non-hydrogen) atoms. The molecule has 2 heterocycles. The number of carbonyl (C=O) groups excluding carboxylic acids is 3. The molecule has 0 saturated carbocycles. The molecule has 0 spiro atoms. The van der Waals surface area contributed by atoms with Crippen LogP contribution in [0.5, 0.6) is 0 Å². The van der Waals surface area contributed by atoms with Crippen LogP contribution in [0.15, 0.2) is 29.3 Å². The highest BCUT2D eigenvalue weighted by atomic mass is 19.1. The van der Waals surface area contributed by atoms with Crippen LogP contribution in [0, 0.1) is 11.7 Å². The molecule has 7 nitrogen and oxygen atoms in total. The minimum absolute atomic E-state index is 0.0273. The molecular formula is C19H24FN4O3+. The second-order valence-corrected chi connectivity index (χ2v) is 6.94. The maximum atomic E-state index is 13.0. The molecule has 1 atom stereocenters. The van der Waals surface area contributed by atoms with Crippen molar-refractivity contribution >= 4 is 24.1 Å². The summed E-state index contributed by atoms with van der Waals surface area (Å²) in [4.78, 5) is 43.3. The molecule has 3 rings (SSSR count). The molecule has 2 aliphatic rings. The fraction of sp³-hybridized carbons (Fsp3) is 0.474. The van der Waals surface area contributed by atoms with Crippen molar-refractivity contribution in [3.63, 3.8) is 0 Å². The van der Waals surface area contributed by atoms with Gasteiger partial charge in [0.1, 0.15) is 5.82 Å². The van der Waals surface area contributed by atoms with Crippen LogP contribution in [-0.2, 0) is 16.1 Å². The van der Waals surface area contributed by atoms with Gasteiger partial charge >= 0.3 is 6.03 Å². The summed E-state index contributed by atoms with van der Waals surface area (Å²) >= 11 is 0. The van der Waals surface area contributed by atoms with Crippen LogP contribution < -0.4 is 10.2 Å². The lowest BCUT2D eigenvalue weighted by Gasteiger charge is -2.28. The number of piperidine rings is 1. The number of hydrogen-bond donors (Lipinski definition) is 2. The second kappa shape index (κ2) is 8.85. The van der Waals surface area contributed by atoms with Crippen molar-refractivity contribution in [1.29, 1.82) is 0 Å². The SMILES string of the molecule is O=C1NC(=O)N(Cc2ccc(F)cc2)C(=O)[C@@H]1C=NCC[NH+]1CCCCC1. The van der Waals surface area contributed by atoms with E-state index in [1.807, 2.05) is 0 Å². The zero-order valence-electron chi connectivity index (χ0n) is 15.1. The molecule has 2 saturated heterocycles. The highest BCUT2D eigenvalue weighted by Crippen LogP contribution is 2.14. The first kappa shape index (κ1) is 19.2. The minimum Gasteiger partial charge on any atom is -0.333 e. The van der Waals surface area contributed by atoms with Crippen LogP contribution in [0.2, 0.25) is 0 Å². The van der Waals surface area contributed by atoms with E-state index in [-0.39, 0.29) is 6.54 Å². The third-order valence-corrected chi connectivity index (χ3v) is 4.95. The highest BCUT2D eigenvalue weighted by molar-refractivity contribution is 6.23. The van der Waals surface area contributed by atoms with Crippen molar-refractivity contribution in [2.24, 2.45) is 10.9 Å². The van der Waals surface area contributed by atoms with Gasteiger partial charge in [-0.15, -0.1) is 0 Å². The van der Waals surface area contributed by atoms with Gasteiger partial charge in [-0.05, 0) is 37.0 Å². The zero-order chi connectivity index (χ0) is 19.2. The Morgan fingerprint density at radius 3 is 2.56 bits per heavy atom. The lowest BCUT2D eigenvalue weighted by Crippen LogP contribution is -3.13. The number of barbiturate groups is 1. The molecule has 0 unspecified atom stereocenters. The van der Waals surface area contributed by atoms with Gasteiger partial charge in [0.2, 0.25) is 11.8 Å². The number of nitrogens with zero attached hydrogens (tertiary/aromatic N) is 2.